The van der Waals surface area contributed by atoms with Crippen molar-refractivity contribution in [3.05, 3.63) is 46.6 Å². The van der Waals surface area contributed by atoms with Crippen molar-refractivity contribution in [2.75, 3.05) is 44.9 Å². The van der Waals surface area contributed by atoms with Crippen LogP contribution in [0.1, 0.15) is 15.9 Å². The fourth-order valence-electron chi connectivity index (χ4n) is 2.20. The third kappa shape index (κ3) is 5.34. The third-order valence-corrected chi connectivity index (χ3v) is 4.02. The van der Waals surface area contributed by atoms with E-state index in [-0.39, 0.29) is 5.91 Å². The number of methoxy groups -OCH3 is 1. The summed E-state index contributed by atoms with van der Waals surface area (Å²) in [7, 11) is 5.54. The minimum atomic E-state index is -0.238. The molecule has 2 aromatic rings. The van der Waals surface area contributed by atoms with Crippen LogP contribution in [-0.4, -0.2) is 50.1 Å². The van der Waals surface area contributed by atoms with Crippen molar-refractivity contribution in [2.24, 2.45) is 0 Å². The number of likely N-dealkylation sites (N-methyl/N-ethyl adjacent to an activating group) is 1. The highest BCUT2D eigenvalue weighted by Gasteiger charge is 2.12. The Bertz CT molecular complexity index is 750. The van der Waals surface area contributed by atoms with Gasteiger partial charge in [-0.05, 0) is 44.8 Å². The molecular formula is C18H23ClN4O2. The number of halogens is 1. The lowest BCUT2D eigenvalue weighted by atomic mass is 10.2. The van der Waals surface area contributed by atoms with Gasteiger partial charge in [0.05, 0.1) is 12.8 Å². The van der Waals surface area contributed by atoms with Crippen LogP contribution in [0.2, 0.25) is 5.02 Å². The van der Waals surface area contributed by atoms with Gasteiger partial charge in [-0.3, -0.25) is 4.79 Å². The van der Waals surface area contributed by atoms with Crippen LogP contribution in [0.25, 0.3) is 0 Å². The molecule has 1 aromatic heterocycles. The zero-order valence-corrected chi connectivity index (χ0v) is 15.6. The largest absolute Gasteiger partial charge is 0.495 e. The van der Waals surface area contributed by atoms with Crippen LogP contribution in [0.4, 0.5) is 11.5 Å². The number of hydrogen-bond acceptors (Lipinski definition) is 5. The second-order valence-corrected chi connectivity index (χ2v) is 6.32. The third-order valence-electron chi connectivity index (χ3n) is 3.62. The van der Waals surface area contributed by atoms with Crippen LogP contribution in [0.5, 0.6) is 5.75 Å². The van der Waals surface area contributed by atoms with E-state index in [0.717, 1.165) is 18.7 Å². The van der Waals surface area contributed by atoms with Crippen LogP contribution in [0.15, 0.2) is 30.5 Å². The Hall–Kier alpha value is -2.31. The molecule has 0 aliphatic heterocycles. The molecule has 0 aliphatic rings. The highest BCUT2D eigenvalue weighted by molar-refractivity contribution is 6.31. The Kier molecular flexibility index (Phi) is 6.61. The van der Waals surface area contributed by atoms with Crippen molar-refractivity contribution in [3.8, 4) is 5.75 Å². The maximum atomic E-state index is 12.5. The molecule has 0 bridgehead atoms. The Morgan fingerprint density at radius 3 is 2.76 bits per heavy atom. The first-order valence-corrected chi connectivity index (χ1v) is 8.28. The lowest BCUT2D eigenvalue weighted by molar-refractivity contribution is 0.102. The van der Waals surface area contributed by atoms with Gasteiger partial charge in [0.15, 0.2) is 0 Å². The summed E-state index contributed by atoms with van der Waals surface area (Å²) in [6, 6.07) is 6.87. The zero-order chi connectivity index (χ0) is 18.4. The SMILES string of the molecule is COc1cc(Cl)c(C)cc1NC(=O)c1ccnc(NCCN(C)C)c1. The number of carbonyl (C=O) groups is 1. The first-order valence-electron chi connectivity index (χ1n) is 7.91. The first kappa shape index (κ1) is 19.0. The molecule has 0 saturated heterocycles. The number of nitrogens with zero attached hydrogens (tertiary/aromatic N) is 2. The van der Waals surface area contributed by atoms with E-state index in [0.29, 0.717) is 27.8 Å². The topological polar surface area (TPSA) is 66.5 Å². The van der Waals surface area contributed by atoms with Crippen LogP contribution in [0, 0.1) is 6.92 Å². The van der Waals surface area contributed by atoms with Gasteiger partial charge in [-0.2, -0.15) is 0 Å². The number of rotatable bonds is 7. The summed E-state index contributed by atoms with van der Waals surface area (Å²) in [5, 5.41) is 6.65. The molecule has 2 N–H and O–H groups in total. The molecule has 0 aliphatic carbocycles. The number of ether oxygens (including phenoxy) is 1. The van der Waals surface area contributed by atoms with Gasteiger partial charge >= 0.3 is 0 Å². The fourth-order valence-corrected chi connectivity index (χ4v) is 2.35. The minimum absolute atomic E-state index is 0.238. The van der Waals surface area contributed by atoms with Gasteiger partial charge in [0, 0.05) is 35.9 Å². The predicted molar refractivity (Wildman–Crippen MR) is 102 cm³/mol. The van der Waals surface area contributed by atoms with Crippen molar-refractivity contribution < 1.29 is 9.53 Å². The lowest BCUT2D eigenvalue weighted by Gasteiger charge is -2.13. The lowest BCUT2D eigenvalue weighted by Crippen LogP contribution is -2.21. The second kappa shape index (κ2) is 8.69. The summed E-state index contributed by atoms with van der Waals surface area (Å²) in [5.74, 6) is 0.939. The van der Waals surface area contributed by atoms with E-state index in [1.807, 2.05) is 21.0 Å². The maximum absolute atomic E-state index is 12.5. The van der Waals surface area contributed by atoms with Gasteiger partial charge < -0.3 is 20.3 Å². The molecule has 0 unspecified atom stereocenters. The normalized spacial score (nSPS) is 10.6. The van der Waals surface area contributed by atoms with E-state index in [1.54, 1.807) is 30.5 Å². The molecule has 25 heavy (non-hydrogen) atoms. The number of aryl methyl sites for hydroxylation is 1. The van der Waals surface area contributed by atoms with Gasteiger partial charge in [0.2, 0.25) is 0 Å². The smallest absolute Gasteiger partial charge is 0.255 e. The molecule has 7 heteroatoms. The van der Waals surface area contributed by atoms with E-state index in [1.165, 1.54) is 7.11 Å². The molecule has 134 valence electrons. The second-order valence-electron chi connectivity index (χ2n) is 5.92. The van der Waals surface area contributed by atoms with Gasteiger partial charge in [0.1, 0.15) is 11.6 Å². The van der Waals surface area contributed by atoms with Crippen LogP contribution >= 0.6 is 11.6 Å². The summed E-state index contributed by atoms with van der Waals surface area (Å²) < 4.78 is 5.29. The number of aromatic nitrogens is 1. The Morgan fingerprint density at radius 1 is 1.32 bits per heavy atom. The number of carbonyl (C=O) groups excluding carboxylic acids is 1. The van der Waals surface area contributed by atoms with E-state index in [9.17, 15) is 4.79 Å². The Labute approximate surface area is 153 Å². The maximum Gasteiger partial charge on any atom is 0.255 e. The van der Waals surface area contributed by atoms with E-state index < -0.39 is 0 Å². The summed E-state index contributed by atoms with van der Waals surface area (Å²) >= 11 is 6.10. The van der Waals surface area contributed by atoms with Crippen LogP contribution < -0.4 is 15.4 Å². The number of benzene rings is 1. The van der Waals surface area contributed by atoms with Crippen molar-refractivity contribution >= 4 is 29.0 Å². The molecule has 0 fully saturated rings. The summed E-state index contributed by atoms with van der Waals surface area (Å²) in [5.41, 5.74) is 1.95. The van der Waals surface area contributed by atoms with Crippen LogP contribution in [0.3, 0.4) is 0 Å². The number of anilines is 2. The average molecular weight is 363 g/mol. The highest BCUT2D eigenvalue weighted by atomic mass is 35.5. The van der Waals surface area contributed by atoms with Crippen molar-refractivity contribution in [3.63, 3.8) is 0 Å². The van der Waals surface area contributed by atoms with E-state index >= 15 is 0 Å². The minimum Gasteiger partial charge on any atom is -0.495 e. The highest BCUT2D eigenvalue weighted by Crippen LogP contribution is 2.31. The van der Waals surface area contributed by atoms with Gasteiger partial charge in [0.25, 0.3) is 5.91 Å². The molecule has 0 saturated carbocycles. The van der Waals surface area contributed by atoms with Crippen LogP contribution in [-0.2, 0) is 0 Å². The molecular weight excluding hydrogens is 340 g/mol. The Morgan fingerprint density at radius 2 is 2.08 bits per heavy atom. The number of nitrogens with one attached hydrogen (secondary N) is 2. The van der Waals surface area contributed by atoms with Gasteiger partial charge in [-0.15, -0.1) is 0 Å². The standard InChI is InChI=1S/C18H23ClN4O2/c1-12-9-15(16(25-4)11-14(12)19)22-18(24)13-5-6-20-17(10-13)21-7-8-23(2)3/h5-6,9-11H,7-8H2,1-4H3,(H,20,21)(H,22,24). The van der Waals surface area contributed by atoms with Crippen molar-refractivity contribution in [2.45, 2.75) is 6.92 Å². The van der Waals surface area contributed by atoms with Crippen molar-refractivity contribution in [1.82, 2.24) is 9.88 Å². The summed E-state index contributed by atoms with van der Waals surface area (Å²) in [6.07, 6.45) is 1.61. The monoisotopic (exact) mass is 362 g/mol. The molecule has 2 rings (SSSR count). The molecule has 0 atom stereocenters. The predicted octanol–water partition coefficient (Wildman–Crippen LogP) is 3.28. The van der Waals surface area contributed by atoms with Gasteiger partial charge in [-0.25, -0.2) is 4.98 Å². The van der Waals surface area contributed by atoms with E-state index in [4.69, 9.17) is 16.3 Å². The molecule has 1 heterocycles. The average Bonchev–Trinajstić information content (AvgIpc) is 2.57. The first-order chi connectivity index (χ1) is 11.9. The molecule has 1 amide bonds. The number of hydrogen-bond donors (Lipinski definition) is 2. The van der Waals surface area contributed by atoms with E-state index in [2.05, 4.69) is 20.5 Å². The Balaban J connectivity index is 2.12. The molecule has 6 nitrogen and oxygen atoms in total. The van der Waals surface area contributed by atoms with Crippen molar-refractivity contribution in [1.29, 1.82) is 0 Å². The number of pyridine rings is 1. The zero-order valence-electron chi connectivity index (χ0n) is 14.9. The molecule has 1 aromatic carbocycles. The summed E-state index contributed by atoms with van der Waals surface area (Å²) in [6.45, 7) is 3.49. The molecule has 0 spiro atoms. The molecule has 0 radical (unpaired) electrons. The quantitative estimate of drug-likeness (QED) is 0.791. The summed E-state index contributed by atoms with van der Waals surface area (Å²) in [4.78, 5) is 18.9. The number of amides is 1. The van der Waals surface area contributed by atoms with Gasteiger partial charge in [-0.1, -0.05) is 11.6 Å². The fraction of sp³-hybridized carbons (Fsp3) is 0.333.